The van der Waals surface area contributed by atoms with E-state index in [-0.39, 0.29) is 16.0 Å². The van der Waals surface area contributed by atoms with Gasteiger partial charge in [0.05, 0.1) is 11.4 Å². The summed E-state index contributed by atoms with van der Waals surface area (Å²) < 4.78 is 32.9. The van der Waals surface area contributed by atoms with Crippen LogP contribution in [0.4, 0.5) is 17.1 Å². The first-order chi connectivity index (χ1) is 13.8. The van der Waals surface area contributed by atoms with E-state index in [9.17, 15) is 13.0 Å². The van der Waals surface area contributed by atoms with Gasteiger partial charge in [-0.05, 0) is 47.2 Å². The number of anilines is 1. The monoisotopic (exact) mass is 441 g/mol. The molecule has 0 bridgehead atoms. The van der Waals surface area contributed by atoms with E-state index in [1.54, 1.807) is 18.2 Å². The van der Waals surface area contributed by atoms with Crippen LogP contribution >= 0.6 is 25.3 Å². The zero-order valence-corrected chi connectivity index (χ0v) is 17.4. The van der Waals surface area contributed by atoms with Crippen LogP contribution in [0.25, 0.3) is 21.5 Å². The molecule has 0 radical (unpaired) electrons. The molecule has 146 valence electrons. The van der Waals surface area contributed by atoms with Gasteiger partial charge < -0.3 is 5.73 Å². The fourth-order valence-corrected chi connectivity index (χ4v) is 4.53. The Kier molecular flexibility index (Phi) is 4.99. The van der Waals surface area contributed by atoms with E-state index in [1.807, 2.05) is 24.3 Å². The summed E-state index contributed by atoms with van der Waals surface area (Å²) in [6, 6.07) is 17.0. The topological polar surface area (TPSA) is 105 Å². The molecule has 0 heterocycles. The molecule has 0 fully saturated rings. The molecule has 0 unspecified atom stereocenters. The number of benzene rings is 4. The SMILES string of the molecule is Nc1ccc(N=Nc2cc(S)c3cccc(S)c3c2)c2cccc(S(=O)(=O)O)c12. The van der Waals surface area contributed by atoms with Gasteiger partial charge in [-0.1, -0.05) is 24.3 Å². The van der Waals surface area contributed by atoms with Crippen LogP contribution in [0.5, 0.6) is 0 Å². The second-order valence-electron chi connectivity index (χ2n) is 6.36. The number of hydrogen-bond acceptors (Lipinski definition) is 7. The molecule has 0 spiro atoms. The summed E-state index contributed by atoms with van der Waals surface area (Å²) in [5.74, 6) is 0. The molecule has 4 rings (SSSR count). The molecular weight excluding hydrogens is 426 g/mol. The number of thiol groups is 2. The third kappa shape index (κ3) is 3.69. The number of nitrogen functional groups attached to an aromatic ring is 1. The van der Waals surface area contributed by atoms with E-state index in [4.69, 9.17) is 5.73 Å². The Morgan fingerprint density at radius 2 is 1.55 bits per heavy atom. The summed E-state index contributed by atoms with van der Waals surface area (Å²) in [4.78, 5) is 1.27. The molecule has 3 N–H and O–H groups in total. The van der Waals surface area contributed by atoms with Crippen molar-refractivity contribution < 1.29 is 13.0 Å². The van der Waals surface area contributed by atoms with Crippen molar-refractivity contribution in [2.24, 2.45) is 10.2 Å². The fraction of sp³-hybridized carbons (Fsp3) is 0. The molecule has 0 amide bonds. The lowest BCUT2D eigenvalue weighted by Gasteiger charge is -2.09. The predicted molar refractivity (Wildman–Crippen MR) is 121 cm³/mol. The molecule has 0 atom stereocenters. The summed E-state index contributed by atoms with van der Waals surface area (Å²) in [6.07, 6.45) is 0. The van der Waals surface area contributed by atoms with Gasteiger partial charge in [0.25, 0.3) is 10.1 Å². The molecular formula is C20H15N3O3S3. The van der Waals surface area contributed by atoms with E-state index >= 15 is 0 Å². The van der Waals surface area contributed by atoms with Crippen LogP contribution in [0.15, 0.2) is 85.6 Å². The van der Waals surface area contributed by atoms with Crippen molar-refractivity contribution in [3.63, 3.8) is 0 Å². The van der Waals surface area contributed by atoms with Gasteiger partial charge in [0.15, 0.2) is 0 Å². The lowest BCUT2D eigenvalue weighted by atomic mass is 10.1. The van der Waals surface area contributed by atoms with Gasteiger partial charge in [-0.3, -0.25) is 4.55 Å². The first kappa shape index (κ1) is 19.7. The highest BCUT2D eigenvalue weighted by Crippen LogP contribution is 2.37. The molecule has 4 aromatic carbocycles. The highest BCUT2D eigenvalue weighted by Gasteiger charge is 2.17. The van der Waals surface area contributed by atoms with Crippen LogP contribution in [0.2, 0.25) is 0 Å². The van der Waals surface area contributed by atoms with Gasteiger partial charge >= 0.3 is 0 Å². The van der Waals surface area contributed by atoms with E-state index in [0.717, 1.165) is 20.6 Å². The van der Waals surface area contributed by atoms with Crippen molar-refractivity contribution in [2.75, 3.05) is 5.73 Å². The number of hydrogen-bond donors (Lipinski definition) is 4. The number of rotatable bonds is 3. The van der Waals surface area contributed by atoms with Gasteiger partial charge in [0.2, 0.25) is 0 Å². The summed E-state index contributed by atoms with van der Waals surface area (Å²) in [5, 5.41) is 11.1. The second-order valence-corrected chi connectivity index (χ2v) is 8.72. The van der Waals surface area contributed by atoms with Gasteiger partial charge in [-0.15, -0.1) is 30.4 Å². The minimum absolute atomic E-state index is 0.206. The smallest absolute Gasteiger partial charge is 0.295 e. The van der Waals surface area contributed by atoms with Gasteiger partial charge in [-0.2, -0.15) is 13.5 Å². The van der Waals surface area contributed by atoms with Crippen molar-refractivity contribution in [3.05, 3.63) is 60.7 Å². The highest BCUT2D eigenvalue weighted by molar-refractivity contribution is 7.86. The van der Waals surface area contributed by atoms with Crippen LogP contribution in [0.3, 0.4) is 0 Å². The van der Waals surface area contributed by atoms with E-state index in [1.165, 1.54) is 18.2 Å². The van der Waals surface area contributed by atoms with Crippen molar-refractivity contribution in [1.29, 1.82) is 0 Å². The average Bonchev–Trinajstić information content (AvgIpc) is 2.67. The first-order valence-electron chi connectivity index (χ1n) is 8.41. The lowest BCUT2D eigenvalue weighted by molar-refractivity contribution is 0.484. The Morgan fingerprint density at radius 3 is 2.31 bits per heavy atom. The van der Waals surface area contributed by atoms with Crippen molar-refractivity contribution >= 4 is 74.0 Å². The van der Waals surface area contributed by atoms with Crippen LogP contribution in [-0.4, -0.2) is 13.0 Å². The van der Waals surface area contributed by atoms with Gasteiger partial charge in [0, 0.05) is 26.3 Å². The van der Waals surface area contributed by atoms with E-state index < -0.39 is 10.1 Å². The molecule has 0 aromatic heterocycles. The van der Waals surface area contributed by atoms with Gasteiger partial charge in [-0.25, -0.2) is 0 Å². The summed E-state index contributed by atoms with van der Waals surface area (Å²) >= 11 is 9.00. The first-order valence-corrected chi connectivity index (χ1v) is 10.7. The summed E-state index contributed by atoms with van der Waals surface area (Å²) in [6.45, 7) is 0. The van der Waals surface area contributed by atoms with E-state index in [2.05, 4.69) is 35.5 Å². The zero-order valence-electron chi connectivity index (χ0n) is 14.8. The number of azo groups is 1. The largest absolute Gasteiger partial charge is 0.398 e. The molecule has 0 aliphatic heterocycles. The average molecular weight is 442 g/mol. The molecule has 4 aromatic rings. The molecule has 0 aliphatic carbocycles. The number of fused-ring (bicyclic) bond motifs is 2. The minimum Gasteiger partial charge on any atom is -0.398 e. The van der Waals surface area contributed by atoms with E-state index in [0.29, 0.717) is 16.8 Å². The normalized spacial score (nSPS) is 12.2. The maximum absolute atomic E-state index is 11.7. The fourth-order valence-electron chi connectivity index (χ4n) is 3.19. The molecule has 0 saturated carbocycles. The predicted octanol–water partition coefficient (Wildman–Crippen LogP) is 5.81. The zero-order chi connectivity index (χ0) is 20.8. The Hall–Kier alpha value is -2.59. The second kappa shape index (κ2) is 7.34. The molecule has 0 saturated heterocycles. The van der Waals surface area contributed by atoms with Crippen molar-refractivity contribution in [1.82, 2.24) is 0 Å². The Labute approximate surface area is 178 Å². The quantitative estimate of drug-likeness (QED) is 0.139. The Morgan fingerprint density at radius 1 is 0.828 bits per heavy atom. The highest BCUT2D eigenvalue weighted by atomic mass is 32.2. The van der Waals surface area contributed by atoms with Crippen LogP contribution in [0, 0.1) is 0 Å². The van der Waals surface area contributed by atoms with Gasteiger partial charge in [0.1, 0.15) is 4.90 Å². The number of nitrogens with two attached hydrogens (primary N) is 1. The van der Waals surface area contributed by atoms with Crippen molar-refractivity contribution in [2.45, 2.75) is 14.7 Å². The summed E-state index contributed by atoms with van der Waals surface area (Å²) in [5.41, 5.74) is 7.17. The third-order valence-electron chi connectivity index (χ3n) is 4.50. The van der Waals surface area contributed by atoms with Crippen LogP contribution < -0.4 is 5.73 Å². The Balaban J connectivity index is 1.87. The molecule has 6 nitrogen and oxygen atoms in total. The number of nitrogens with zero attached hydrogens (tertiary/aromatic N) is 2. The Bertz CT molecular complexity index is 1420. The molecule has 29 heavy (non-hydrogen) atoms. The van der Waals surface area contributed by atoms with Crippen LogP contribution in [0.1, 0.15) is 0 Å². The third-order valence-corrected chi connectivity index (χ3v) is 6.15. The maximum Gasteiger partial charge on any atom is 0.295 e. The standard InChI is InChI=1S/C20H15N3O3S3/c21-15-7-8-16(13-4-2-6-19(20(13)15)29(24,25)26)23-22-11-9-14-12(18(28)10-11)3-1-5-17(14)27/h1-10,27-28H,21H2,(H,24,25,26). The van der Waals surface area contributed by atoms with Crippen molar-refractivity contribution in [3.8, 4) is 0 Å². The summed E-state index contributed by atoms with van der Waals surface area (Å²) in [7, 11) is -4.44. The van der Waals surface area contributed by atoms with Crippen LogP contribution in [-0.2, 0) is 10.1 Å². The minimum atomic E-state index is -4.44. The molecule has 9 heteroatoms. The maximum atomic E-state index is 11.7. The lowest BCUT2D eigenvalue weighted by Crippen LogP contribution is -2.01. The molecule has 0 aliphatic rings.